The minimum atomic E-state index is -0.417. The molecule has 2 rings (SSSR count). The van der Waals surface area contributed by atoms with Crippen LogP contribution >= 0.6 is 0 Å². The van der Waals surface area contributed by atoms with Gasteiger partial charge in [0.1, 0.15) is 13.6 Å². The van der Waals surface area contributed by atoms with Gasteiger partial charge in [-0.15, -0.1) is 0 Å². The number of hydrogen-bond acceptors (Lipinski definition) is 6. The number of nitrogens with two attached hydrogens (primary N) is 2. The number of benzene rings is 1. The van der Waals surface area contributed by atoms with Crippen LogP contribution in [0.1, 0.15) is 25.7 Å². The fourth-order valence-corrected chi connectivity index (χ4v) is 2.39. The van der Waals surface area contributed by atoms with Crippen molar-refractivity contribution >= 4 is 22.4 Å². The molecule has 1 aromatic carbocycles. The summed E-state index contributed by atoms with van der Waals surface area (Å²) >= 11 is 0. The number of aromatic nitrogens is 2. The molecular weight excluding hydrogens is 298 g/mol. The summed E-state index contributed by atoms with van der Waals surface area (Å²) in [6.07, 6.45) is 4.18. The summed E-state index contributed by atoms with van der Waals surface area (Å²) < 4.78 is 0.0175. The van der Waals surface area contributed by atoms with Crippen LogP contribution in [0, 0.1) is 10.1 Å². The molecule has 0 aliphatic heterocycles. The summed E-state index contributed by atoms with van der Waals surface area (Å²) in [7, 11) is 1.77. The first-order valence-electron chi connectivity index (χ1n) is 7.66. The van der Waals surface area contributed by atoms with Gasteiger partial charge in [-0.1, -0.05) is 6.42 Å². The van der Waals surface area contributed by atoms with Crippen LogP contribution in [0.5, 0.6) is 0 Å². The zero-order chi connectivity index (χ0) is 16.9. The molecule has 2 aromatic rings. The van der Waals surface area contributed by atoms with Gasteiger partial charge in [-0.05, 0) is 18.9 Å². The van der Waals surface area contributed by atoms with Crippen molar-refractivity contribution < 1.29 is 9.62 Å². The van der Waals surface area contributed by atoms with Gasteiger partial charge in [0.2, 0.25) is 0 Å². The van der Waals surface area contributed by atoms with Crippen molar-refractivity contribution in [2.75, 3.05) is 25.5 Å². The third kappa shape index (κ3) is 5.16. The Morgan fingerprint density at radius 2 is 2.04 bits per heavy atom. The molecule has 23 heavy (non-hydrogen) atoms. The van der Waals surface area contributed by atoms with Crippen LogP contribution in [0.3, 0.4) is 0 Å². The van der Waals surface area contributed by atoms with Crippen molar-refractivity contribution in [3.8, 4) is 0 Å². The van der Waals surface area contributed by atoms with E-state index in [9.17, 15) is 10.1 Å². The number of nitro benzene ring substituents is 1. The Kier molecular flexibility index (Phi) is 5.48. The number of unbranched alkanes of at least 4 members (excludes halogenated alkanes) is 3. The summed E-state index contributed by atoms with van der Waals surface area (Å²) in [4.78, 5) is 10.3. The Balaban J connectivity index is 1.76. The average Bonchev–Trinajstić information content (AvgIpc) is 2.87. The summed E-state index contributed by atoms with van der Waals surface area (Å²) in [5, 5.41) is 21.8. The molecule has 9 nitrogen and oxygen atoms in total. The molecule has 0 fully saturated rings. The highest BCUT2D eigenvalue weighted by molar-refractivity contribution is 5.91. The maximum atomic E-state index is 10.7. The van der Waals surface area contributed by atoms with Gasteiger partial charge in [-0.2, -0.15) is 21.5 Å². The number of nitrogens with zero attached hydrogens (tertiary/aromatic N) is 3. The summed E-state index contributed by atoms with van der Waals surface area (Å²) in [5.74, 6) is 12.1. The predicted molar refractivity (Wildman–Crippen MR) is 89.1 cm³/mol. The first-order chi connectivity index (χ1) is 10.9. The van der Waals surface area contributed by atoms with Crippen molar-refractivity contribution in [3.05, 3.63) is 28.3 Å². The highest BCUT2D eigenvalue weighted by atomic mass is 16.6. The smallest absolute Gasteiger partial charge is 0.271 e. The third-order valence-corrected chi connectivity index (χ3v) is 3.62. The fraction of sp³-hybridized carbons (Fsp3) is 0.500. The predicted octanol–water partition coefficient (Wildman–Crippen LogP) is 1.64. The Hall–Kier alpha value is -2.23. The number of anilines is 1. The molecule has 0 saturated heterocycles. The van der Waals surface area contributed by atoms with E-state index in [1.165, 1.54) is 12.1 Å². The van der Waals surface area contributed by atoms with E-state index in [-0.39, 0.29) is 10.4 Å². The molecule has 0 aliphatic carbocycles. The molecule has 6 N–H and O–H groups in total. The van der Waals surface area contributed by atoms with E-state index in [4.69, 9.17) is 11.7 Å². The minimum absolute atomic E-state index is 0.0175. The summed E-state index contributed by atoms with van der Waals surface area (Å²) in [5.41, 5.74) is 0.711. The van der Waals surface area contributed by atoms with Crippen LogP contribution in [-0.2, 0) is 0 Å². The van der Waals surface area contributed by atoms with Crippen molar-refractivity contribution in [1.29, 1.82) is 0 Å². The van der Waals surface area contributed by atoms with Crippen LogP contribution in [-0.4, -0.2) is 40.0 Å². The monoisotopic (exact) mass is 322 g/mol. The minimum Gasteiger partial charge on any atom is -0.368 e. The standard InChI is InChI=1S/C14H24N7O2/c1-21(15,16)9-5-3-2-4-8-17-14-12-7-6-11(20(22)23)10-13(12)18-19-14/h6-7,10H,2-5,8-9,15-16H2,1H3,(H2,17,18,19)/q+1. The lowest BCUT2D eigenvalue weighted by Gasteiger charge is -2.20. The topological polar surface area (TPSA) is 136 Å². The normalized spacial score (nSPS) is 11.8. The van der Waals surface area contributed by atoms with Crippen LogP contribution < -0.4 is 17.0 Å². The maximum Gasteiger partial charge on any atom is 0.271 e. The number of non-ortho nitro benzene ring substituents is 1. The van der Waals surface area contributed by atoms with Gasteiger partial charge in [0, 0.05) is 30.5 Å². The van der Waals surface area contributed by atoms with Crippen LogP contribution in [0.2, 0.25) is 0 Å². The van der Waals surface area contributed by atoms with E-state index in [0.29, 0.717) is 5.52 Å². The quantitative estimate of drug-likeness (QED) is 0.182. The summed E-state index contributed by atoms with van der Waals surface area (Å²) in [6.45, 7) is 1.56. The van der Waals surface area contributed by atoms with Gasteiger partial charge in [-0.25, -0.2) is 0 Å². The van der Waals surface area contributed by atoms with Gasteiger partial charge in [0.05, 0.1) is 10.4 Å². The zero-order valence-corrected chi connectivity index (χ0v) is 13.3. The number of H-pyrrole nitrogens is 1. The molecule has 0 unspecified atom stereocenters. The lowest BCUT2D eigenvalue weighted by Crippen LogP contribution is -2.57. The lowest BCUT2D eigenvalue weighted by molar-refractivity contribution is -0.933. The second-order valence-electron chi connectivity index (χ2n) is 5.97. The van der Waals surface area contributed by atoms with E-state index in [2.05, 4.69) is 15.5 Å². The fourth-order valence-electron chi connectivity index (χ4n) is 2.39. The molecule has 9 heteroatoms. The number of rotatable bonds is 9. The Bertz CT molecular complexity index is 663. The molecule has 0 radical (unpaired) electrons. The van der Waals surface area contributed by atoms with Gasteiger partial charge in [-0.3, -0.25) is 15.2 Å². The van der Waals surface area contributed by atoms with Crippen molar-refractivity contribution in [1.82, 2.24) is 10.2 Å². The molecule has 0 spiro atoms. The number of aromatic amines is 1. The number of hydrogen-bond donors (Lipinski definition) is 4. The molecule has 0 saturated carbocycles. The molecule has 0 bridgehead atoms. The molecule has 126 valence electrons. The van der Waals surface area contributed by atoms with Crippen molar-refractivity contribution in [2.45, 2.75) is 25.7 Å². The number of nitro groups is 1. The number of quaternary nitrogens is 1. The zero-order valence-electron chi connectivity index (χ0n) is 13.3. The van der Waals surface area contributed by atoms with Gasteiger partial charge in [0.15, 0.2) is 5.82 Å². The summed E-state index contributed by atoms with van der Waals surface area (Å²) in [6, 6.07) is 4.68. The number of nitrogens with one attached hydrogen (secondary N) is 2. The van der Waals surface area contributed by atoms with Crippen molar-refractivity contribution in [3.63, 3.8) is 0 Å². The molecule has 0 atom stereocenters. The average molecular weight is 322 g/mol. The molecule has 1 heterocycles. The first kappa shape index (κ1) is 17.1. The number of fused-ring (bicyclic) bond motifs is 1. The maximum absolute atomic E-state index is 10.7. The first-order valence-corrected chi connectivity index (χ1v) is 7.66. The molecule has 0 amide bonds. The van der Waals surface area contributed by atoms with E-state index in [1.54, 1.807) is 13.1 Å². The molecule has 0 aliphatic rings. The second-order valence-corrected chi connectivity index (χ2v) is 5.97. The van der Waals surface area contributed by atoms with Gasteiger partial charge in [0.25, 0.3) is 5.69 Å². The SMILES string of the molecule is C[N+](N)(N)CCCCCCNc1n[nH]c2cc([N+](=O)[O-])ccc12. The van der Waals surface area contributed by atoms with E-state index < -0.39 is 4.92 Å². The lowest BCUT2D eigenvalue weighted by atomic mass is 10.2. The Morgan fingerprint density at radius 3 is 2.74 bits per heavy atom. The van der Waals surface area contributed by atoms with Crippen LogP contribution in [0.15, 0.2) is 18.2 Å². The Morgan fingerprint density at radius 1 is 1.30 bits per heavy atom. The van der Waals surface area contributed by atoms with E-state index in [0.717, 1.165) is 50.0 Å². The van der Waals surface area contributed by atoms with E-state index in [1.807, 2.05) is 0 Å². The largest absolute Gasteiger partial charge is 0.368 e. The third-order valence-electron chi connectivity index (χ3n) is 3.62. The van der Waals surface area contributed by atoms with Crippen LogP contribution in [0.25, 0.3) is 10.9 Å². The highest BCUT2D eigenvalue weighted by Crippen LogP contribution is 2.24. The highest BCUT2D eigenvalue weighted by Gasteiger charge is 2.11. The van der Waals surface area contributed by atoms with Gasteiger partial charge < -0.3 is 5.32 Å². The Labute approximate surface area is 134 Å². The molecule has 1 aromatic heterocycles. The molecular formula is C14H24N7O2+. The van der Waals surface area contributed by atoms with E-state index >= 15 is 0 Å². The second kappa shape index (κ2) is 7.36. The van der Waals surface area contributed by atoms with Crippen LogP contribution in [0.4, 0.5) is 11.5 Å². The van der Waals surface area contributed by atoms with Gasteiger partial charge >= 0.3 is 0 Å². The van der Waals surface area contributed by atoms with Crippen molar-refractivity contribution in [2.24, 2.45) is 11.7 Å².